The number of hydrogen-bond acceptors (Lipinski definition) is 4. The molecule has 0 bridgehead atoms. The largest absolute Gasteiger partial charge is 0.491 e. The molecule has 2 heterocycles. The third-order valence-electron chi connectivity index (χ3n) is 6.10. The van der Waals surface area contributed by atoms with Crippen molar-refractivity contribution in [3.8, 4) is 5.75 Å². The van der Waals surface area contributed by atoms with Gasteiger partial charge in [0.2, 0.25) is 0 Å². The molecule has 0 amide bonds. The molecule has 2 atom stereocenters. The van der Waals surface area contributed by atoms with Crippen LogP contribution in [0.3, 0.4) is 0 Å². The number of rotatable bonds is 8. The molecule has 174 valence electrons. The van der Waals surface area contributed by atoms with Crippen LogP contribution in [0.5, 0.6) is 5.75 Å². The molecular formula is C27H25Cl2N3O2. The van der Waals surface area contributed by atoms with Crippen LogP contribution in [0, 0.1) is 0 Å². The Morgan fingerprint density at radius 2 is 1.79 bits per heavy atom. The highest BCUT2D eigenvalue weighted by Crippen LogP contribution is 2.43. The first kappa shape index (κ1) is 22.9. The van der Waals surface area contributed by atoms with Gasteiger partial charge >= 0.3 is 0 Å². The van der Waals surface area contributed by atoms with Gasteiger partial charge in [0.15, 0.2) is 0 Å². The van der Waals surface area contributed by atoms with Gasteiger partial charge in [-0.25, -0.2) is 4.98 Å². The van der Waals surface area contributed by atoms with E-state index >= 15 is 0 Å². The molecule has 4 aromatic rings. The Balaban J connectivity index is 1.47. The Hall–Kier alpha value is -2.83. The second-order valence-corrected chi connectivity index (χ2v) is 9.37. The Morgan fingerprint density at radius 3 is 2.53 bits per heavy atom. The van der Waals surface area contributed by atoms with E-state index in [9.17, 15) is 0 Å². The highest BCUT2D eigenvalue weighted by atomic mass is 35.5. The lowest BCUT2D eigenvalue weighted by Gasteiger charge is -2.37. The minimum atomic E-state index is -0.418. The molecule has 0 saturated carbocycles. The third kappa shape index (κ3) is 5.13. The number of ether oxygens (including phenoxy) is 1. The second kappa shape index (κ2) is 10.2. The van der Waals surface area contributed by atoms with Crippen molar-refractivity contribution >= 4 is 23.2 Å². The first-order valence-corrected chi connectivity index (χ1v) is 11.9. The van der Waals surface area contributed by atoms with Gasteiger partial charge in [-0.15, -0.1) is 0 Å². The molecule has 34 heavy (non-hydrogen) atoms. The predicted molar refractivity (Wildman–Crippen MR) is 134 cm³/mol. The van der Waals surface area contributed by atoms with Gasteiger partial charge in [-0.3, -0.25) is 4.84 Å². The maximum absolute atomic E-state index is 6.58. The fourth-order valence-corrected chi connectivity index (χ4v) is 4.86. The molecule has 1 fully saturated rings. The zero-order chi connectivity index (χ0) is 23.4. The summed E-state index contributed by atoms with van der Waals surface area (Å²) in [5.41, 5.74) is 1.84. The molecule has 2 unspecified atom stereocenters. The van der Waals surface area contributed by atoms with Crippen LogP contribution < -0.4 is 4.74 Å². The topological polar surface area (TPSA) is 39.5 Å². The Kier molecular flexibility index (Phi) is 6.88. The number of nitrogens with zero attached hydrogens (tertiary/aromatic N) is 3. The maximum Gasteiger partial charge on any atom is 0.119 e. The van der Waals surface area contributed by atoms with Crippen LogP contribution in [0.15, 0.2) is 97.6 Å². The van der Waals surface area contributed by atoms with E-state index in [2.05, 4.69) is 44.9 Å². The highest BCUT2D eigenvalue weighted by Gasteiger charge is 2.49. The van der Waals surface area contributed by atoms with E-state index < -0.39 is 5.54 Å². The Morgan fingerprint density at radius 1 is 0.971 bits per heavy atom. The number of hydroxylamine groups is 2. The van der Waals surface area contributed by atoms with Gasteiger partial charge in [-0.05, 0) is 47.5 Å². The highest BCUT2D eigenvalue weighted by molar-refractivity contribution is 6.30. The maximum atomic E-state index is 6.58. The quantitative estimate of drug-likeness (QED) is 0.285. The van der Waals surface area contributed by atoms with E-state index in [-0.39, 0.29) is 6.10 Å². The smallest absolute Gasteiger partial charge is 0.119 e. The zero-order valence-corrected chi connectivity index (χ0v) is 20.1. The summed E-state index contributed by atoms with van der Waals surface area (Å²) in [5, 5.41) is 3.48. The van der Waals surface area contributed by atoms with Crippen LogP contribution in [-0.2, 0) is 23.5 Å². The first-order chi connectivity index (χ1) is 16.6. The molecule has 5 rings (SSSR count). The number of benzene rings is 3. The van der Waals surface area contributed by atoms with Crippen molar-refractivity contribution in [3.63, 3.8) is 0 Å². The van der Waals surface area contributed by atoms with Crippen LogP contribution in [-0.4, -0.2) is 27.3 Å². The van der Waals surface area contributed by atoms with Gasteiger partial charge < -0.3 is 9.30 Å². The summed E-state index contributed by atoms with van der Waals surface area (Å²) in [5.74, 6) is 0.765. The number of aromatic nitrogens is 2. The van der Waals surface area contributed by atoms with E-state index in [1.807, 2.05) is 61.1 Å². The summed E-state index contributed by atoms with van der Waals surface area (Å²) in [6.07, 6.45) is 6.25. The van der Waals surface area contributed by atoms with Gasteiger partial charge in [0.05, 0.1) is 18.4 Å². The molecule has 5 nitrogen and oxygen atoms in total. The van der Waals surface area contributed by atoms with Crippen LogP contribution in [0.2, 0.25) is 10.0 Å². The average molecular weight is 494 g/mol. The molecule has 1 saturated heterocycles. The van der Waals surface area contributed by atoms with Crippen LogP contribution in [0.4, 0.5) is 0 Å². The Bertz CT molecular complexity index is 1200. The molecule has 3 aromatic carbocycles. The molecule has 0 spiro atoms. The summed E-state index contributed by atoms with van der Waals surface area (Å²) in [6, 6.07) is 25.8. The molecule has 1 aliphatic heterocycles. The van der Waals surface area contributed by atoms with E-state index in [4.69, 9.17) is 32.8 Å². The molecule has 1 aromatic heterocycles. The number of hydrogen-bond donors (Lipinski definition) is 0. The lowest BCUT2D eigenvalue weighted by molar-refractivity contribution is -0.205. The number of imidazole rings is 1. The van der Waals surface area contributed by atoms with E-state index in [1.54, 1.807) is 6.20 Å². The molecule has 0 N–H and O–H groups in total. The number of halogens is 2. The summed E-state index contributed by atoms with van der Waals surface area (Å²) < 4.78 is 8.18. The predicted octanol–water partition coefficient (Wildman–Crippen LogP) is 6.37. The molecule has 0 aliphatic carbocycles. The lowest BCUT2D eigenvalue weighted by Crippen LogP contribution is -2.43. The summed E-state index contributed by atoms with van der Waals surface area (Å²) in [4.78, 5) is 10.8. The third-order valence-corrected chi connectivity index (χ3v) is 6.59. The lowest BCUT2D eigenvalue weighted by atomic mass is 9.84. The van der Waals surface area contributed by atoms with Crippen molar-refractivity contribution in [1.82, 2.24) is 14.6 Å². The normalized spacial score (nSPS) is 20.5. The van der Waals surface area contributed by atoms with Crippen LogP contribution >= 0.6 is 23.2 Å². The van der Waals surface area contributed by atoms with Crippen molar-refractivity contribution in [2.24, 2.45) is 0 Å². The fourth-order valence-electron chi connectivity index (χ4n) is 4.52. The van der Waals surface area contributed by atoms with Crippen molar-refractivity contribution in [2.75, 3.05) is 6.61 Å². The molecule has 0 radical (unpaired) electrons. The molecule has 1 aliphatic rings. The van der Waals surface area contributed by atoms with Gasteiger partial charge in [0.25, 0.3) is 0 Å². The van der Waals surface area contributed by atoms with E-state index in [1.165, 1.54) is 5.56 Å². The minimum absolute atomic E-state index is 0.140. The van der Waals surface area contributed by atoms with Crippen molar-refractivity contribution in [3.05, 3.63) is 119 Å². The van der Waals surface area contributed by atoms with E-state index in [0.29, 0.717) is 29.7 Å². The average Bonchev–Trinajstić information content (AvgIpc) is 3.48. The summed E-state index contributed by atoms with van der Waals surface area (Å²) in [7, 11) is 0. The van der Waals surface area contributed by atoms with Gasteiger partial charge in [-0.1, -0.05) is 65.7 Å². The summed E-state index contributed by atoms with van der Waals surface area (Å²) in [6.45, 7) is 1.70. The first-order valence-electron chi connectivity index (χ1n) is 11.2. The fraction of sp³-hybridized carbons (Fsp3) is 0.222. The Labute approximate surface area is 209 Å². The zero-order valence-electron chi connectivity index (χ0n) is 18.6. The minimum Gasteiger partial charge on any atom is -0.491 e. The molecule has 7 heteroatoms. The molecular weight excluding hydrogens is 469 g/mol. The van der Waals surface area contributed by atoms with E-state index in [0.717, 1.165) is 17.7 Å². The van der Waals surface area contributed by atoms with Gasteiger partial charge in [-0.2, -0.15) is 5.06 Å². The van der Waals surface area contributed by atoms with Crippen molar-refractivity contribution < 1.29 is 9.57 Å². The van der Waals surface area contributed by atoms with Crippen molar-refractivity contribution in [1.29, 1.82) is 0 Å². The second-order valence-electron chi connectivity index (χ2n) is 8.50. The standard InChI is InChI=1S/C27H25Cl2N3O2/c28-23-9-11-25(12-10-23)33-18-26-16-27(19-31-14-13-30-20-31,22-6-2-1-3-7-22)32(34-26)17-21-5-4-8-24(29)15-21/h1-15,20,26H,16-19H2. The SMILES string of the molecule is Clc1ccc(OCC2CC(Cn3ccnc3)(c3ccccc3)N(Cc3cccc(Cl)c3)O2)cc1. The van der Waals surface area contributed by atoms with Crippen LogP contribution in [0.1, 0.15) is 17.5 Å². The van der Waals surface area contributed by atoms with Gasteiger partial charge in [0.1, 0.15) is 18.5 Å². The summed E-state index contributed by atoms with van der Waals surface area (Å²) >= 11 is 12.3. The van der Waals surface area contributed by atoms with Gasteiger partial charge in [0, 0.05) is 35.4 Å². The van der Waals surface area contributed by atoms with Crippen LogP contribution in [0.25, 0.3) is 0 Å². The monoisotopic (exact) mass is 493 g/mol. The van der Waals surface area contributed by atoms with Crippen molar-refractivity contribution in [2.45, 2.75) is 31.2 Å².